The molecule has 96 heavy (non-hydrogen) atoms. The number of nitrogens with zero attached hydrogens (tertiary/aromatic N) is 4. The first-order valence-corrected chi connectivity index (χ1v) is 29.7. The smallest absolute Gasteiger partial charge is 0.411 e. The van der Waals surface area contributed by atoms with Gasteiger partial charge in [0.05, 0.1) is 61.4 Å². The summed E-state index contributed by atoms with van der Waals surface area (Å²) >= 11 is 0. The third-order valence-corrected chi connectivity index (χ3v) is 18.7. The summed E-state index contributed by atoms with van der Waals surface area (Å²) in [6.45, 7) is 20.2. The van der Waals surface area contributed by atoms with E-state index in [9.17, 15) is 48.3 Å². The van der Waals surface area contributed by atoms with E-state index in [1.807, 2.05) is 0 Å². The first kappa shape index (κ1) is 69.3. The summed E-state index contributed by atoms with van der Waals surface area (Å²) in [6.07, 6.45) is -25.3. The Morgan fingerprint density at radius 1 is 0.385 bits per heavy atom. The van der Waals surface area contributed by atoms with Crippen molar-refractivity contribution in [1.29, 1.82) is 0 Å². The van der Waals surface area contributed by atoms with E-state index in [0.29, 0.717) is 103 Å². The van der Waals surface area contributed by atoms with Crippen LogP contribution in [0.1, 0.15) is 225 Å². The SMILES string of the molecule is Cc1cc(C)c(C(C)(C)CCC(C)(C)N2C(=O)c3ccc(C(c4ccc5c(c4)C(=O)N(c4cc(C(=O)O)cc(C(C)(C)C)c4)C5=O)(C(F)(F)F)C(F)(F)F)cc3C2=O)c(C)c1N1C(=O)c2ccc(C(c3ccc4c(c3)C(=O)N(C(C)(C)C)C4=O)(C(F)(F)F)C(F)(F)F)cc2C1=O. The lowest BCUT2D eigenvalue weighted by atomic mass is 9.71. The number of hydrogen-bond donors (Lipinski definition) is 1. The number of halogens is 12. The van der Waals surface area contributed by atoms with Gasteiger partial charge in [0.1, 0.15) is 0 Å². The normalized spacial score (nSPS) is 16.0. The van der Waals surface area contributed by atoms with Crippen molar-refractivity contribution in [2.24, 2.45) is 0 Å². The average Bonchev–Trinajstić information content (AvgIpc) is 1.16. The van der Waals surface area contributed by atoms with Crippen LogP contribution in [-0.4, -0.2) is 104 Å². The second kappa shape index (κ2) is 21.8. The molecule has 0 aromatic heterocycles. The minimum atomic E-state index is -6.32. The van der Waals surface area contributed by atoms with E-state index in [-0.39, 0.29) is 47.0 Å². The van der Waals surface area contributed by atoms with Crippen molar-refractivity contribution in [2.75, 3.05) is 9.80 Å². The van der Waals surface area contributed by atoms with Gasteiger partial charge >= 0.3 is 30.7 Å². The molecule has 0 saturated carbocycles. The lowest BCUT2D eigenvalue weighted by molar-refractivity contribution is -0.290. The number of carbonyl (C=O) groups is 9. The Kier molecular flexibility index (Phi) is 15.7. The highest BCUT2D eigenvalue weighted by Crippen LogP contribution is 2.60. The average molecular weight is 1350 g/mol. The molecular formula is C70H60F12N4O10. The van der Waals surface area contributed by atoms with Gasteiger partial charge in [-0.3, -0.25) is 48.2 Å². The van der Waals surface area contributed by atoms with Crippen molar-refractivity contribution in [1.82, 2.24) is 9.80 Å². The minimum absolute atomic E-state index is 0.0209. The number of imide groups is 4. The molecule has 0 aliphatic carbocycles. The quantitative estimate of drug-likeness (QED) is 0.0912. The molecule has 8 amide bonds. The van der Waals surface area contributed by atoms with Gasteiger partial charge in [-0.05, 0) is 196 Å². The Labute approximate surface area is 540 Å². The van der Waals surface area contributed by atoms with Gasteiger partial charge in [-0.25, -0.2) is 14.6 Å². The first-order chi connectivity index (χ1) is 43.8. The van der Waals surface area contributed by atoms with Crippen LogP contribution in [0.2, 0.25) is 0 Å². The van der Waals surface area contributed by atoms with Crippen molar-refractivity contribution in [2.45, 2.75) is 160 Å². The molecular weight excluding hydrogens is 1280 g/mol. The fourth-order valence-electron chi connectivity index (χ4n) is 14.2. The highest BCUT2D eigenvalue weighted by atomic mass is 19.4. The van der Waals surface area contributed by atoms with Gasteiger partial charge in [0.2, 0.25) is 10.8 Å². The molecule has 10 rings (SSSR count). The Balaban J connectivity index is 0.952. The Hall–Kier alpha value is -9.49. The molecule has 0 bridgehead atoms. The van der Waals surface area contributed by atoms with Crippen molar-refractivity contribution >= 4 is 64.6 Å². The third kappa shape index (κ3) is 10.1. The van der Waals surface area contributed by atoms with Crippen molar-refractivity contribution in [3.63, 3.8) is 0 Å². The highest BCUT2D eigenvalue weighted by molar-refractivity contribution is 6.36. The summed E-state index contributed by atoms with van der Waals surface area (Å²) in [5.41, 5.74) is -25.7. The number of aryl methyl sites for hydroxylation is 2. The molecule has 14 nitrogen and oxygen atoms in total. The second-order valence-corrected chi connectivity index (χ2v) is 27.9. The van der Waals surface area contributed by atoms with E-state index < -0.39 is 177 Å². The van der Waals surface area contributed by atoms with E-state index in [4.69, 9.17) is 0 Å². The minimum Gasteiger partial charge on any atom is -0.478 e. The number of aromatic carboxylic acids is 1. The van der Waals surface area contributed by atoms with Crippen molar-refractivity contribution < 1.29 is 101 Å². The molecule has 1 N–H and O–H groups in total. The van der Waals surface area contributed by atoms with Crippen LogP contribution in [0.3, 0.4) is 0 Å². The summed E-state index contributed by atoms with van der Waals surface area (Å²) in [5, 5.41) is 9.85. The molecule has 0 unspecified atom stereocenters. The van der Waals surface area contributed by atoms with E-state index in [0.717, 1.165) is 6.07 Å². The highest BCUT2D eigenvalue weighted by Gasteiger charge is 2.74. The van der Waals surface area contributed by atoms with Gasteiger partial charge in [0.25, 0.3) is 47.3 Å². The third-order valence-electron chi connectivity index (χ3n) is 18.7. The molecule has 0 saturated heterocycles. The largest absolute Gasteiger partial charge is 0.478 e. The lowest BCUT2D eigenvalue weighted by Crippen LogP contribution is -2.55. The summed E-state index contributed by atoms with van der Waals surface area (Å²) in [6, 6.07) is 10.4. The maximum absolute atomic E-state index is 15.9. The number of carbonyl (C=O) groups excluding carboxylic acids is 8. The molecule has 504 valence electrons. The van der Waals surface area contributed by atoms with E-state index >= 15 is 52.7 Å². The summed E-state index contributed by atoms with van der Waals surface area (Å²) in [7, 11) is 0. The number of hydrogen-bond acceptors (Lipinski definition) is 9. The molecule has 0 spiro atoms. The van der Waals surface area contributed by atoms with Crippen LogP contribution in [0.5, 0.6) is 0 Å². The Morgan fingerprint density at radius 3 is 1.11 bits per heavy atom. The summed E-state index contributed by atoms with van der Waals surface area (Å²) in [5.74, 6) is -11.0. The van der Waals surface area contributed by atoms with E-state index in [2.05, 4.69) is 0 Å². The molecule has 4 heterocycles. The predicted octanol–water partition coefficient (Wildman–Crippen LogP) is 15.6. The standard InChI is InChI=1S/C70H60F12N4O10/c1-32-24-33(2)51(84-53(88)43-19-15-37(29-47(43)55(84)90)66(69(77,78)79,70(80,81)82)38-16-20-44-48(30-38)58(93)85(56(44)91)62(7,8)9)34(3)50(32)63(10,11)22-23-64(12,13)86-57(92)45-21-17-39(31-49(45)59(86)94)65(67(71,72)73,68(74,75)76)36-14-18-42-46(28-36)54(89)83(52(42)87)41-26-35(60(95)96)25-40(27-41)61(4,5)6/h14-21,24-31H,22-23H2,1-13H3,(H,95,96). The first-order valence-electron chi connectivity index (χ1n) is 29.7. The van der Waals surface area contributed by atoms with Crippen molar-refractivity contribution in [3.05, 3.63) is 197 Å². The van der Waals surface area contributed by atoms with E-state index in [1.54, 1.807) is 47.6 Å². The number of carboxylic acids is 1. The zero-order valence-corrected chi connectivity index (χ0v) is 53.6. The molecule has 0 atom stereocenters. The summed E-state index contributed by atoms with van der Waals surface area (Å²) in [4.78, 5) is 127. The molecule has 4 aliphatic rings. The number of alkyl halides is 12. The zero-order chi connectivity index (χ0) is 71.8. The van der Waals surface area contributed by atoms with Gasteiger partial charge in [0.15, 0.2) is 0 Å². The van der Waals surface area contributed by atoms with Crippen LogP contribution in [0.25, 0.3) is 0 Å². The monoisotopic (exact) mass is 1340 g/mol. The van der Waals surface area contributed by atoms with Crippen LogP contribution in [-0.2, 0) is 21.7 Å². The van der Waals surface area contributed by atoms with Crippen LogP contribution in [0.4, 0.5) is 64.1 Å². The molecule has 6 aromatic carbocycles. The Bertz CT molecular complexity index is 4480. The molecule has 26 heteroatoms. The zero-order valence-electron chi connectivity index (χ0n) is 53.6. The fourth-order valence-corrected chi connectivity index (χ4v) is 14.2. The molecule has 0 radical (unpaired) electrons. The van der Waals surface area contributed by atoms with E-state index in [1.165, 1.54) is 60.6 Å². The molecule has 6 aromatic rings. The number of benzene rings is 6. The van der Waals surface area contributed by atoms with Crippen LogP contribution in [0, 0.1) is 20.8 Å². The lowest BCUT2D eigenvalue weighted by Gasteiger charge is -2.39. The number of fused-ring (bicyclic) bond motifs is 4. The Morgan fingerprint density at radius 2 is 0.729 bits per heavy atom. The van der Waals surface area contributed by atoms with Gasteiger partial charge in [-0.1, -0.05) is 65.0 Å². The number of carboxylic acid groups (broad SMARTS) is 1. The van der Waals surface area contributed by atoms with Crippen LogP contribution in [0.15, 0.2) is 97.1 Å². The maximum atomic E-state index is 15.9. The number of amides is 8. The number of rotatable bonds is 12. The molecule has 0 fully saturated rings. The molecule has 4 aliphatic heterocycles. The van der Waals surface area contributed by atoms with Gasteiger partial charge in [-0.15, -0.1) is 0 Å². The van der Waals surface area contributed by atoms with Crippen LogP contribution >= 0.6 is 0 Å². The van der Waals surface area contributed by atoms with Gasteiger partial charge in [-0.2, -0.15) is 52.7 Å². The van der Waals surface area contributed by atoms with Crippen molar-refractivity contribution in [3.8, 4) is 0 Å². The number of anilines is 2. The topological polar surface area (TPSA) is 187 Å². The van der Waals surface area contributed by atoms with Gasteiger partial charge < -0.3 is 5.11 Å². The fraction of sp³-hybridized carbons (Fsp3) is 0.357. The van der Waals surface area contributed by atoms with Gasteiger partial charge in [0, 0.05) is 11.1 Å². The summed E-state index contributed by atoms with van der Waals surface area (Å²) < 4.78 is 189. The maximum Gasteiger partial charge on any atom is 0.411 e. The second-order valence-electron chi connectivity index (χ2n) is 27.9. The van der Waals surface area contributed by atoms with Crippen LogP contribution < -0.4 is 9.80 Å². The predicted molar refractivity (Wildman–Crippen MR) is 324 cm³/mol.